The highest BCUT2D eigenvalue weighted by molar-refractivity contribution is 7.90. The number of ether oxygens (including phenoxy) is 1. The van der Waals surface area contributed by atoms with E-state index in [1.54, 1.807) is 12.1 Å². The van der Waals surface area contributed by atoms with E-state index >= 15 is 0 Å². The molecule has 0 atom stereocenters. The Balaban J connectivity index is 1.96. The summed E-state index contributed by atoms with van der Waals surface area (Å²) in [5, 5.41) is -0.882. The lowest BCUT2D eigenvalue weighted by Gasteiger charge is -2.11. The van der Waals surface area contributed by atoms with E-state index in [1.807, 2.05) is 30.3 Å². The van der Waals surface area contributed by atoms with E-state index in [9.17, 15) is 21.6 Å². The van der Waals surface area contributed by atoms with Gasteiger partial charge in [0.25, 0.3) is 0 Å². The van der Waals surface area contributed by atoms with Crippen LogP contribution in [-0.4, -0.2) is 24.6 Å². The number of halogens is 3. The zero-order valence-corrected chi connectivity index (χ0v) is 15.5. The maximum absolute atomic E-state index is 13.1. The summed E-state index contributed by atoms with van der Waals surface area (Å²) in [6.45, 7) is 0.274. The molecule has 0 saturated heterocycles. The summed E-state index contributed by atoms with van der Waals surface area (Å²) in [4.78, 5) is 6.94. The van der Waals surface area contributed by atoms with Gasteiger partial charge in [0.1, 0.15) is 18.1 Å². The second-order valence-corrected chi connectivity index (χ2v) is 7.90. The fourth-order valence-corrected chi connectivity index (χ4v) is 2.90. The fraction of sp³-hybridized carbons (Fsp3) is 0.158. The van der Waals surface area contributed by atoms with Crippen LogP contribution in [0.5, 0.6) is 5.75 Å². The van der Waals surface area contributed by atoms with Crippen LogP contribution < -0.4 is 4.74 Å². The molecule has 3 rings (SSSR count). The van der Waals surface area contributed by atoms with Gasteiger partial charge in [0, 0.05) is 11.8 Å². The summed E-state index contributed by atoms with van der Waals surface area (Å²) in [6.07, 6.45) is -4.05. The number of aromatic nitrogens is 2. The lowest BCUT2D eigenvalue weighted by atomic mass is 10.1. The first kappa shape index (κ1) is 19.8. The summed E-state index contributed by atoms with van der Waals surface area (Å²) < 4.78 is 68.5. The van der Waals surface area contributed by atoms with E-state index in [0.29, 0.717) is 11.8 Å². The summed E-state index contributed by atoms with van der Waals surface area (Å²) in [6, 6.07) is 16.3. The molecular weight excluding hydrogens is 393 g/mol. The minimum Gasteiger partial charge on any atom is -0.489 e. The second kappa shape index (κ2) is 7.59. The molecular formula is C19H15F3N2O3S. The maximum Gasteiger partial charge on any atom is 0.433 e. The fourth-order valence-electron chi connectivity index (χ4n) is 2.37. The Hall–Kier alpha value is -2.94. The first-order valence-electron chi connectivity index (χ1n) is 8.06. The van der Waals surface area contributed by atoms with Crippen molar-refractivity contribution in [1.29, 1.82) is 0 Å². The molecule has 0 radical (unpaired) electrons. The van der Waals surface area contributed by atoms with Crippen LogP contribution in [0.3, 0.4) is 0 Å². The van der Waals surface area contributed by atoms with Crippen LogP contribution >= 0.6 is 0 Å². The van der Waals surface area contributed by atoms with Crippen molar-refractivity contribution in [3.8, 4) is 17.0 Å². The maximum atomic E-state index is 13.1. The first-order chi connectivity index (χ1) is 13.1. The van der Waals surface area contributed by atoms with Crippen molar-refractivity contribution in [2.45, 2.75) is 17.9 Å². The summed E-state index contributed by atoms with van der Waals surface area (Å²) in [5.41, 5.74) is -0.279. The minimum absolute atomic E-state index is 0.159. The molecule has 28 heavy (non-hydrogen) atoms. The van der Waals surface area contributed by atoms with Crippen LogP contribution in [0.1, 0.15) is 11.3 Å². The predicted molar refractivity (Wildman–Crippen MR) is 96.4 cm³/mol. The van der Waals surface area contributed by atoms with Gasteiger partial charge in [0.15, 0.2) is 0 Å². The number of hydrogen-bond acceptors (Lipinski definition) is 5. The van der Waals surface area contributed by atoms with Crippen LogP contribution in [0.25, 0.3) is 11.3 Å². The number of hydrogen-bond donors (Lipinski definition) is 0. The van der Waals surface area contributed by atoms with E-state index in [4.69, 9.17) is 4.74 Å². The van der Waals surface area contributed by atoms with Crippen molar-refractivity contribution in [3.05, 3.63) is 71.9 Å². The van der Waals surface area contributed by atoms with Gasteiger partial charge in [0.05, 0.1) is 5.69 Å². The van der Waals surface area contributed by atoms with E-state index in [-0.39, 0.29) is 17.9 Å². The molecule has 0 bridgehead atoms. The molecule has 0 spiro atoms. The van der Waals surface area contributed by atoms with E-state index in [2.05, 4.69) is 9.97 Å². The molecule has 2 aromatic carbocycles. The summed E-state index contributed by atoms with van der Waals surface area (Å²) in [7, 11) is -4.03. The number of sulfone groups is 1. The molecule has 0 aliphatic rings. The Morgan fingerprint density at radius 3 is 2.32 bits per heavy atom. The van der Waals surface area contributed by atoms with Gasteiger partial charge in [-0.25, -0.2) is 18.4 Å². The van der Waals surface area contributed by atoms with Gasteiger partial charge in [-0.05, 0) is 23.8 Å². The normalized spacial score (nSPS) is 12.0. The van der Waals surface area contributed by atoms with E-state index in [0.717, 1.165) is 11.8 Å². The van der Waals surface area contributed by atoms with Gasteiger partial charge in [-0.1, -0.05) is 42.5 Å². The van der Waals surface area contributed by atoms with Crippen molar-refractivity contribution >= 4 is 9.84 Å². The minimum atomic E-state index is -4.81. The number of nitrogens with zero attached hydrogens (tertiary/aromatic N) is 2. The SMILES string of the molecule is CS(=O)(=O)c1nc(-c2cccc(OCc3ccccc3)c2)cc(C(F)(F)F)n1. The van der Waals surface area contributed by atoms with Crippen LogP contribution in [-0.2, 0) is 22.6 Å². The Morgan fingerprint density at radius 2 is 1.68 bits per heavy atom. The predicted octanol–water partition coefficient (Wildman–Crippen LogP) is 4.14. The molecule has 1 heterocycles. The monoisotopic (exact) mass is 408 g/mol. The molecule has 0 N–H and O–H groups in total. The van der Waals surface area contributed by atoms with Gasteiger partial charge in [-0.3, -0.25) is 0 Å². The lowest BCUT2D eigenvalue weighted by molar-refractivity contribution is -0.141. The number of benzene rings is 2. The average Bonchev–Trinajstić information content (AvgIpc) is 2.66. The van der Waals surface area contributed by atoms with Crippen molar-refractivity contribution in [2.75, 3.05) is 6.26 Å². The largest absolute Gasteiger partial charge is 0.489 e. The van der Waals surface area contributed by atoms with E-state index in [1.165, 1.54) is 12.1 Å². The van der Waals surface area contributed by atoms with Crippen LogP contribution in [0.15, 0.2) is 65.8 Å². The number of alkyl halides is 3. The summed E-state index contributed by atoms with van der Waals surface area (Å²) >= 11 is 0. The molecule has 0 fully saturated rings. The molecule has 146 valence electrons. The lowest BCUT2D eigenvalue weighted by Crippen LogP contribution is -2.14. The standard InChI is InChI=1S/C19H15F3N2O3S/c1-28(25,26)18-23-16(11-17(24-18)19(20,21)22)14-8-5-9-15(10-14)27-12-13-6-3-2-4-7-13/h2-11H,12H2,1H3. The third-order valence-electron chi connectivity index (χ3n) is 3.71. The van der Waals surface area contributed by atoms with Crippen LogP contribution in [0.4, 0.5) is 13.2 Å². The summed E-state index contributed by atoms with van der Waals surface area (Å²) in [5.74, 6) is 0.412. The van der Waals surface area contributed by atoms with Crippen molar-refractivity contribution in [1.82, 2.24) is 9.97 Å². The molecule has 0 aliphatic heterocycles. The van der Waals surface area contributed by atoms with Crippen molar-refractivity contribution in [3.63, 3.8) is 0 Å². The van der Waals surface area contributed by atoms with Gasteiger partial charge >= 0.3 is 6.18 Å². The number of rotatable bonds is 5. The average molecular weight is 408 g/mol. The highest BCUT2D eigenvalue weighted by Crippen LogP contribution is 2.32. The first-order valence-corrected chi connectivity index (χ1v) is 9.95. The van der Waals surface area contributed by atoms with Gasteiger partial charge < -0.3 is 4.74 Å². The third-order valence-corrected chi connectivity index (χ3v) is 4.55. The zero-order chi connectivity index (χ0) is 20.4. The molecule has 5 nitrogen and oxygen atoms in total. The van der Waals surface area contributed by atoms with Crippen LogP contribution in [0.2, 0.25) is 0 Å². The zero-order valence-electron chi connectivity index (χ0n) is 14.6. The van der Waals surface area contributed by atoms with Gasteiger partial charge in [-0.2, -0.15) is 13.2 Å². The second-order valence-electron chi connectivity index (χ2n) is 5.99. The quantitative estimate of drug-likeness (QED) is 0.594. The topological polar surface area (TPSA) is 69.2 Å². The third kappa shape index (κ3) is 4.86. The molecule has 0 saturated carbocycles. The van der Waals surface area contributed by atoms with Crippen molar-refractivity contribution < 1.29 is 26.3 Å². The smallest absolute Gasteiger partial charge is 0.433 e. The Morgan fingerprint density at radius 1 is 0.964 bits per heavy atom. The Kier molecular flexibility index (Phi) is 5.37. The highest BCUT2D eigenvalue weighted by Gasteiger charge is 2.34. The Labute approximate surface area is 159 Å². The highest BCUT2D eigenvalue weighted by atomic mass is 32.2. The Bertz CT molecular complexity index is 1090. The molecule has 0 aliphatic carbocycles. The van der Waals surface area contributed by atoms with Crippen molar-refractivity contribution in [2.24, 2.45) is 0 Å². The van der Waals surface area contributed by atoms with Gasteiger partial charge in [-0.15, -0.1) is 0 Å². The molecule has 9 heteroatoms. The molecule has 0 unspecified atom stereocenters. The van der Waals surface area contributed by atoms with Gasteiger partial charge in [0.2, 0.25) is 15.0 Å². The van der Waals surface area contributed by atoms with Crippen LogP contribution in [0, 0.1) is 0 Å². The molecule has 1 aromatic heterocycles. The van der Waals surface area contributed by atoms with E-state index < -0.39 is 26.9 Å². The molecule has 3 aromatic rings. The molecule has 0 amide bonds.